The van der Waals surface area contributed by atoms with Gasteiger partial charge in [-0.15, -0.1) is 0 Å². The smallest absolute Gasteiger partial charge is 0.245 e. The molecule has 2 rings (SSSR count). The van der Waals surface area contributed by atoms with E-state index in [-0.39, 0.29) is 11.8 Å². The minimum Gasteiger partial charge on any atom is -0.383 e. The molecule has 1 N–H and O–H groups in total. The van der Waals surface area contributed by atoms with Crippen LogP contribution in [0.5, 0.6) is 0 Å². The second-order valence-electron chi connectivity index (χ2n) is 5.99. The first-order chi connectivity index (χ1) is 10.5. The number of carbonyl (C=O) groups excluding carboxylic acids is 2. The Hall–Kier alpha value is -1.88. The molecule has 1 aromatic carbocycles. The summed E-state index contributed by atoms with van der Waals surface area (Å²) in [5.74, 6) is -0.0764. The summed E-state index contributed by atoms with van der Waals surface area (Å²) in [6.07, 6.45) is 0.969. The Morgan fingerprint density at radius 3 is 2.68 bits per heavy atom. The maximum absolute atomic E-state index is 12.5. The second kappa shape index (κ2) is 6.92. The molecule has 1 aliphatic heterocycles. The molecule has 1 atom stereocenters. The van der Waals surface area contributed by atoms with Crippen LogP contribution >= 0.6 is 0 Å². The number of carbonyl (C=O) groups is 2. The molecule has 5 heteroatoms. The number of likely N-dealkylation sites (tertiary alicyclic amines) is 1. The first-order valence-electron chi connectivity index (χ1n) is 7.60. The van der Waals surface area contributed by atoms with Gasteiger partial charge >= 0.3 is 0 Å². The topological polar surface area (TPSA) is 58.6 Å². The molecule has 5 nitrogen and oxygen atoms in total. The first-order valence-corrected chi connectivity index (χ1v) is 7.60. The molecule has 0 aromatic heterocycles. The minimum absolute atomic E-state index is 0.0324. The molecule has 0 spiro atoms. The lowest BCUT2D eigenvalue weighted by Gasteiger charge is -2.34. The lowest BCUT2D eigenvalue weighted by molar-refractivity contribution is -0.141. The van der Waals surface area contributed by atoms with Crippen LogP contribution in [0.2, 0.25) is 0 Å². The Kier molecular flexibility index (Phi) is 5.19. The van der Waals surface area contributed by atoms with Crippen LogP contribution in [0.15, 0.2) is 24.3 Å². The first kappa shape index (κ1) is 16.5. The van der Waals surface area contributed by atoms with Gasteiger partial charge in [-0.25, -0.2) is 0 Å². The number of hydrogen-bond acceptors (Lipinski definition) is 3. The number of hydrogen-bond donors (Lipinski definition) is 1. The van der Waals surface area contributed by atoms with Gasteiger partial charge in [-0.1, -0.05) is 29.8 Å². The molecule has 1 heterocycles. The van der Waals surface area contributed by atoms with Crippen LogP contribution < -0.4 is 5.32 Å². The fourth-order valence-corrected chi connectivity index (χ4v) is 2.73. The Bertz CT molecular complexity index is 541. The number of benzene rings is 1. The molecule has 2 amide bonds. The van der Waals surface area contributed by atoms with Crippen molar-refractivity contribution in [1.29, 1.82) is 0 Å². The summed E-state index contributed by atoms with van der Waals surface area (Å²) in [7, 11) is 1.59. The van der Waals surface area contributed by atoms with Gasteiger partial charge in [-0.2, -0.15) is 0 Å². The predicted molar refractivity (Wildman–Crippen MR) is 84.3 cm³/mol. The van der Waals surface area contributed by atoms with Crippen molar-refractivity contribution < 1.29 is 14.3 Å². The number of rotatable bonds is 6. The SMILES string of the molecule is COCCNC(=O)[C@@]1(C)CCC(=O)N1Cc1ccc(C)cc1. The molecule has 120 valence electrons. The highest BCUT2D eigenvalue weighted by atomic mass is 16.5. The van der Waals surface area contributed by atoms with Gasteiger partial charge in [0.15, 0.2) is 0 Å². The van der Waals surface area contributed by atoms with Crippen LogP contribution in [0, 0.1) is 6.92 Å². The normalized spacial score (nSPS) is 21.2. The standard InChI is InChI=1S/C17H24N2O3/c1-13-4-6-14(7-5-13)12-19-15(20)8-9-17(19,2)16(21)18-10-11-22-3/h4-7H,8-12H2,1-3H3,(H,18,21)/t17-/m1/s1. The van der Waals surface area contributed by atoms with E-state index < -0.39 is 5.54 Å². The fourth-order valence-electron chi connectivity index (χ4n) is 2.73. The fraction of sp³-hybridized carbons (Fsp3) is 0.529. The van der Waals surface area contributed by atoms with Gasteiger partial charge in [0, 0.05) is 26.6 Å². The van der Waals surface area contributed by atoms with E-state index in [1.54, 1.807) is 12.0 Å². The third-order valence-corrected chi connectivity index (χ3v) is 4.26. The number of ether oxygens (including phenoxy) is 1. The van der Waals surface area contributed by atoms with Crippen LogP contribution in [-0.4, -0.2) is 42.5 Å². The van der Waals surface area contributed by atoms with Crippen LogP contribution in [0.3, 0.4) is 0 Å². The molecular formula is C17H24N2O3. The zero-order valence-electron chi connectivity index (χ0n) is 13.5. The molecule has 0 aliphatic carbocycles. The maximum Gasteiger partial charge on any atom is 0.245 e. The van der Waals surface area contributed by atoms with Crippen molar-refractivity contribution in [2.24, 2.45) is 0 Å². The summed E-state index contributed by atoms with van der Waals surface area (Å²) >= 11 is 0. The van der Waals surface area contributed by atoms with E-state index in [1.165, 1.54) is 5.56 Å². The van der Waals surface area contributed by atoms with Gasteiger partial charge in [-0.05, 0) is 25.8 Å². The Balaban J connectivity index is 2.10. The molecule has 1 aromatic rings. The van der Waals surface area contributed by atoms with E-state index >= 15 is 0 Å². The van der Waals surface area contributed by atoms with Crippen molar-refractivity contribution in [2.75, 3.05) is 20.3 Å². The van der Waals surface area contributed by atoms with Gasteiger partial charge in [0.05, 0.1) is 6.61 Å². The Morgan fingerprint density at radius 1 is 1.36 bits per heavy atom. The van der Waals surface area contributed by atoms with E-state index in [0.29, 0.717) is 32.5 Å². The van der Waals surface area contributed by atoms with Gasteiger partial charge in [0.25, 0.3) is 0 Å². The molecule has 0 bridgehead atoms. The van der Waals surface area contributed by atoms with Crippen molar-refractivity contribution in [1.82, 2.24) is 10.2 Å². The summed E-state index contributed by atoms with van der Waals surface area (Å²) in [6, 6.07) is 8.05. The van der Waals surface area contributed by atoms with Crippen molar-refractivity contribution >= 4 is 11.8 Å². The van der Waals surface area contributed by atoms with E-state index in [2.05, 4.69) is 5.32 Å². The van der Waals surface area contributed by atoms with E-state index in [0.717, 1.165) is 5.56 Å². The zero-order valence-corrected chi connectivity index (χ0v) is 13.5. The number of amides is 2. The largest absolute Gasteiger partial charge is 0.383 e. The van der Waals surface area contributed by atoms with Crippen molar-refractivity contribution in [3.8, 4) is 0 Å². The Labute approximate surface area is 131 Å². The summed E-state index contributed by atoms with van der Waals surface area (Å²) in [5, 5.41) is 2.85. The third kappa shape index (κ3) is 3.47. The number of nitrogens with one attached hydrogen (secondary N) is 1. The lowest BCUT2D eigenvalue weighted by Crippen LogP contribution is -2.54. The monoisotopic (exact) mass is 304 g/mol. The minimum atomic E-state index is -0.782. The molecule has 1 aliphatic rings. The number of aryl methyl sites for hydroxylation is 1. The number of methoxy groups -OCH3 is 1. The summed E-state index contributed by atoms with van der Waals surface area (Å²) in [5.41, 5.74) is 1.43. The average Bonchev–Trinajstić information content (AvgIpc) is 2.79. The highest BCUT2D eigenvalue weighted by molar-refractivity contribution is 5.94. The molecule has 0 radical (unpaired) electrons. The molecular weight excluding hydrogens is 280 g/mol. The van der Waals surface area contributed by atoms with Crippen LogP contribution in [-0.2, 0) is 20.9 Å². The molecule has 1 saturated heterocycles. The van der Waals surface area contributed by atoms with Crippen molar-refractivity contribution in [3.05, 3.63) is 35.4 Å². The van der Waals surface area contributed by atoms with Crippen LogP contribution in [0.4, 0.5) is 0 Å². The second-order valence-corrected chi connectivity index (χ2v) is 5.99. The van der Waals surface area contributed by atoms with Crippen molar-refractivity contribution in [3.63, 3.8) is 0 Å². The van der Waals surface area contributed by atoms with Gasteiger partial charge in [0.2, 0.25) is 11.8 Å². The van der Waals surface area contributed by atoms with Gasteiger partial charge in [-0.3, -0.25) is 9.59 Å². The Morgan fingerprint density at radius 2 is 2.05 bits per heavy atom. The molecule has 0 unspecified atom stereocenters. The highest BCUT2D eigenvalue weighted by Gasteiger charge is 2.46. The lowest BCUT2D eigenvalue weighted by atomic mass is 9.97. The van der Waals surface area contributed by atoms with Crippen molar-refractivity contribution in [2.45, 2.75) is 38.8 Å². The van der Waals surface area contributed by atoms with E-state index in [9.17, 15) is 9.59 Å². The van der Waals surface area contributed by atoms with E-state index in [1.807, 2.05) is 38.1 Å². The highest BCUT2D eigenvalue weighted by Crippen LogP contribution is 2.31. The van der Waals surface area contributed by atoms with Crippen LogP contribution in [0.25, 0.3) is 0 Å². The van der Waals surface area contributed by atoms with E-state index in [4.69, 9.17) is 4.74 Å². The average molecular weight is 304 g/mol. The van der Waals surface area contributed by atoms with Gasteiger partial charge in [0.1, 0.15) is 5.54 Å². The summed E-state index contributed by atoms with van der Waals surface area (Å²) < 4.78 is 4.95. The quantitative estimate of drug-likeness (QED) is 0.813. The molecule has 1 fully saturated rings. The third-order valence-electron chi connectivity index (χ3n) is 4.26. The summed E-state index contributed by atoms with van der Waals surface area (Å²) in [4.78, 5) is 26.4. The molecule has 0 saturated carbocycles. The molecule has 22 heavy (non-hydrogen) atoms. The number of nitrogens with zero attached hydrogens (tertiary/aromatic N) is 1. The maximum atomic E-state index is 12.5. The summed E-state index contributed by atoms with van der Waals surface area (Å²) in [6.45, 7) is 5.25. The zero-order chi connectivity index (χ0) is 16.2. The predicted octanol–water partition coefficient (Wildman–Crippen LogP) is 1.64. The van der Waals surface area contributed by atoms with Gasteiger partial charge < -0.3 is 15.0 Å². The van der Waals surface area contributed by atoms with Crippen LogP contribution in [0.1, 0.15) is 30.9 Å².